The molecule has 0 fully saturated rings. The molecule has 0 rings (SSSR count). The van der Waals surface area contributed by atoms with Crippen molar-refractivity contribution >= 4 is 23.1 Å². The Labute approximate surface area is 59.6 Å². The van der Waals surface area contributed by atoms with Gasteiger partial charge in [-0.15, -0.1) is 0 Å². The van der Waals surface area contributed by atoms with Crippen LogP contribution in [-0.4, -0.2) is 16.8 Å². The number of hydrogen-bond acceptors (Lipinski definition) is 4. The van der Waals surface area contributed by atoms with E-state index in [9.17, 15) is 0 Å². The zero-order chi connectivity index (χ0) is 5.41. The SMILES string of the molecule is O=S=O.O=S=O.[Zn]. The molecular formula is O4S2Zn. The second-order valence-corrected chi connectivity index (χ2v) is 0.408. The summed E-state index contributed by atoms with van der Waals surface area (Å²) < 4.78 is 33.2. The van der Waals surface area contributed by atoms with E-state index in [1.54, 1.807) is 0 Å². The van der Waals surface area contributed by atoms with Gasteiger partial charge in [0.1, 0.15) is 0 Å². The molecule has 0 radical (unpaired) electrons. The minimum absolute atomic E-state index is 0. The maximum atomic E-state index is 8.29. The van der Waals surface area contributed by atoms with Crippen LogP contribution < -0.4 is 0 Å². The van der Waals surface area contributed by atoms with Gasteiger partial charge in [-0.3, -0.25) is 0 Å². The molecular weight excluding hydrogens is 194 g/mol. The third-order valence-electron chi connectivity index (χ3n) is 0. The Bertz CT molecular complexity index is 63.7. The molecule has 0 aromatic carbocycles. The van der Waals surface area contributed by atoms with Crippen molar-refractivity contribution in [2.24, 2.45) is 0 Å². The molecule has 0 aliphatic carbocycles. The number of rotatable bonds is 0. The zero-order valence-corrected chi connectivity index (χ0v) is 7.76. The Morgan fingerprint density at radius 2 is 0.714 bits per heavy atom. The first kappa shape index (κ1) is 15.7. The van der Waals surface area contributed by atoms with Crippen LogP contribution in [0.15, 0.2) is 0 Å². The smallest absolute Gasteiger partial charge is 0.168 e. The van der Waals surface area contributed by atoms with Crippen LogP contribution in [0.1, 0.15) is 0 Å². The van der Waals surface area contributed by atoms with Crippen LogP contribution in [0.25, 0.3) is 0 Å². The van der Waals surface area contributed by atoms with Gasteiger partial charge in [0, 0.05) is 19.5 Å². The third kappa shape index (κ3) is 1640. The molecule has 0 saturated carbocycles. The van der Waals surface area contributed by atoms with E-state index in [1.165, 1.54) is 0 Å². The van der Waals surface area contributed by atoms with Gasteiger partial charge in [-0.25, -0.2) is 0 Å². The van der Waals surface area contributed by atoms with Crippen molar-refractivity contribution in [1.82, 2.24) is 0 Å². The quantitative estimate of drug-likeness (QED) is 0.447. The van der Waals surface area contributed by atoms with E-state index in [4.69, 9.17) is 16.8 Å². The molecule has 0 aromatic heterocycles. The molecule has 0 saturated heterocycles. The summed E-state index contributed by atoms with van der Waals surface area (Å²) in [5.41, 5.74) is 0. The molecule has 0 aliphatic heterocycles. The van der Waals surface area contributed by atoms with Gasteiger partial charge in [0.05, 0.1) is 0 Å². The van der Waals surface area contributed by atoms with E-state index in [1.807, 2.05) is 0 Å². The molecule has 38 valence electrons. The van der Waals surface area contributed by atoms with E-state index < -0.39 is 23.1 Å². The summed E-state index contributed by atoms with van der Waals surface area (Å²) in [5.74, 6) is 0. The normalized spacial score (nSPS) is 3.43. The van der Waals surface area contributed by atoms with E-state index in [0.717, 1.165) is 0 Å². The Hall–Kier alpha value is 0.263. The zero-order valence-electron chi connectivity index (χ0n) is 3.16. The monoisotopic (exact) mass is 192 g/mol. The molecule has 0 heterocycles. The number of hydrogen-bond donors (Lipinski definition) is 0. The molecule has 4 nitrogen and oxygen atoms in total. The van der Waals surface area contributed by atoms with Crippen LogP contribution in [0, 0.1) is 0 Å². The van der Waals surface area contributed by atoms with E-state index in [2.05, 4.69) is 0 Å². The average molecular weight is 194 g/mol. The van der Waals surface area contributed by atoms with Crippen molar-refractivity contribution in [2.75, 3.05) is 0 Å². The topological polar surface area (TPSA) is 68.3 Å². The van der Waals surface area contributed by atoms with Crippen molar-refractivity contribution < 1.29 is 36.3 Å². The minimum Gasteiger partial charge on any atom is -0.168 e. The van der Waals surface area contributed by atoms with E-state index in [0.29, 0.717) is 0 Å². The Morgan fingerprint density at radius 3 is 0.714 bits per heavy atom. The molecule has 0 bridgehead atoms. The summed E-state index contributed by atoms with van der Waals surface area (Å²) in [7, 11) is 0. The van der Waals surface area contributed by atoms with Gasteiger partial charge in [-0.2, -0.15) is 16.8 Å². The molecule has 0 unspecified atom stereocenters. The van der Waals surface area contributed by atoms with Gasteiger partial charge in [-0.05, 0) is 0 Å². The molecule has 0 atom stereocenters. The predicted molar refractivity (Wildman–Crippen MR) is 17.8 cm³/mol. The third-order valence-corrected chi connectivity index (χ3v) is 0. The fraction of sp³-hybridized carbons (Fsp3) is 0. The first-order valence-corrected chi connectivity index (χ1v) is 2.00. The Kier molecular flexibility index (Phi) is 75.9. The summed E-state index contributed by atoms with van der Waals surface area (Å²) in [4.78, 5) is 0. The maximum absolute atomic E-state index is 8.29. The summed E-state index contributed by atoms with van der Waals surface area (Å²) in [6.07, 6.45) is 0. The molecule has 0 amide bonds. The standard InChI is InChI=1S/2O2S.Zn/c2*1-3-2;. The van der Waals surface area contributed by atoms with Crippen LogP contribution in [-0.2, 0) is 42.6 Å². The molecule has 0 N–H and O–H groups in total. The summed E-state index contributed by atoms with van der Waals surface area (Å²) in [5, 5.41) is 0. The second-order valence-electron chi connectivity index (χ2n) is 0.136. The fourth-order valence-corrected chi connectivity index (χ4v) is 0. The Morgan fingerprint density at radius 1 is 0.714 bits per heavy atom. The van der Waals surface area contributed by atoms with Gasteiger partial charge in [0.25, 0.3) is 0 Å². The fourth-order valence-electron chi connectivity index (χ4n) is 0. The van der Waals surface area contributed by atoms with Gasteiger partial charge >= 0.3 is 23.1 Å². The van der Waals surface area contributed by atoms with Gasteiger partial charge < -0.3 is 0 Å². The molecule has 0 aromatic rings. The van der Waals surface area contributed by atoms with Gasteiger partial charge in [-0.1, -0.05) is 0 Å². The van der Waals surface area contributed by atoms with Crippen LogP contribution >= 0.6 is 0 Å². The molecule has 7 heteroatoms. The minimum atomic E-state index is -0.750. The molecule has 0 spiro atoms. The van der Waals surface area contributed by atoms with Crippen LogP contribution in [0.5, 0.6) is 0 Å². The van der Waals surface area contributed by atoms with Crippen molar-refractivity contribution in [3.8, 4) is 0 Å². The van der Waals surface area contributed by atoms with Gasteiger partial charge in [0.2, 0.25) is 0 Å². The van der Waals surface area contributed by atoms with Crippen LogP contribution in [0.4, 0.5) is 0 Å². The second kappa shape index (κ2) is 33.9. The van der Waals surface area contributed by atoms with E-state index >= 15 is 0 Å². The van der Waals surface area contributed by atoms with Crippen molar-refractivity contribution in [3.05, 3.63) is 0 Å². The van der Waals surface area contributed by atoms with Crippen LogP contribution in [0.3, 0.4) is 0 Å². The Balaban J connectivity index is -0.0000000400. The van der Waals surface area contributed by atoms with Crippen molar-refractivity contribution in [3.63, 3.8) is 0 Å². The van der Waals surface area contributed by atoms with Crippen molar-refractivity contribution in [1.29, 1.82) is 0 Å². The first-order chi connectivity index (χ1) is 2.83. The summed E-state index contributed by atoms with van der Waals surface area (Å²) in [6.45, 7) is 0. The predicted octanol–water partition coefficient (Wildman–Crippen LogP) is -1.34. The van der Waals surface area contributed by atoms with Gasteiger partial charge in [0.15, 0.2) is 0 Å². The largest absolute Gasteiger partial charge is 0.335 e. The van der Waals surface area contributed by atoms with Crippen LogP contribution in [0.2, 0.25) is 0 Å². The average Bonchev–Trinajstić information content (AvgIpc) is 1.39. The first-order valence-electron chi connectivity index (χ1n) is 0.667. The summed E-state index contributed by atoms with van der Waals surface area (Å²) in [6, 6.07) is 0. The maximum Gasteiger partial charge on any atom is 0.335 e. The summed E-state index contributed by atoms with van der Waals surface area (Å²) >= 11 is -1.50. The molecule has 0 aliphatic rings. The molecule has 7 heavy (non-hydrogen) atoms. The van der Waals surface area contributed by atoms with E-state index in [-0.39, 0.29) is 19.5 Å². The van der Waals surface area contributed by atoms with Crippen molar-refractivity contribution in [2.45, 2.75) is 0 Å².